The van der Waals surface area contributed by atoms with Crippen LogP contribution in [0.5, 0.6) is 0 Å². The highest BCUT2D eigenvalue weighted by atomic mass is 19.1. The van der Waals surface area contributed by atoms with Gasteiger partial charge in [0.25, 0.3) is 0 Å². The minimum Gasteiger partial charge on any atom is -0.256 e. The summed E-state index contributed by atoms with van der Waals surface area (Å²) in [6, 6.07) is 9.32. The summed E-state index contributed by atoms with van der Waals surface area (Å²) in [6.45, 7) is 4.00. The van der Waals surface area contributed by atoms with Crippen molar-refractivity contribution in [2.75, 3.05) is 0 Å². The second kappa shape index (κ2) is 6.89. The van der Waals surface area contributed by atoms with Crippen molar-refractivity contribution in [1.82, 2.24) is 4.98 Å². The molecule has 2 fully saturated rings. The quantitative estimate of drug-likeness (QED) is 0.647. The predicted molar refractivity (Wildman–Crippen MR) is 95.0 cm³/mol. The van der Waals surface area contributed by atoms with Crippen LogP contribution in [-0.2, 0) is 0 Å². The molecule has 0 radical (unpaired) electrons. The fraction of sp³-hybridized carbons (Fsp3) is 0.524. The van der Waals surface area contributed by atoms with Crippen molar-refractivity contribution in [2.45, 2.75) is 58.3 Å². The second-order valence-electron chi connectivity index (χ2n) is 7.07. The first-order valence-corrected chi connectivity index (χ1v) is 9.13. The van der Waals surface area contributed by atoms with Gasteiger partial charge in [0, 0.05) is 17.5 Å². The topological polar surface area (TPSA) is 36.7 Å². The van der Waals surface area contributed by atoms with Crippen LogP contribution in [-0.4, -0.2) is 4.98 Å². The first-order chi connectivity index (χ1) is 11.7. The van der Waals surface area contributed by atoms with E-state index in [1.165, 1.54) is 24.5 Å². The van der Waals surface area contributed by atoms with Gasteiger partial charge in [-0.3, -0.25) is 4.98 Å². The van der Waals surface area contributed by atoms with Gasteiger partial charge in [0.1, 0.15) is 5.82 Å². The number of fused-ring (bicyclic) bond motifs is 1. The molecule has 4 rings (SSSR count). The van der Waals surface area contributed by atoms with E-state index in [1.54, 1.807) is 12.1 Å². The maximum absolute atomic E-state index is 13.6. The van der Waals surface area contributed by atoms with Crippen molar-refractivity contribution in [2.24, 2.45) is 11.3 Å². The van der Waals surface area contributed by atoms with E-state index in [9.17, 15) is 4.39 Å². The van der Waals surface area contributed by atoms with Crippen LogP contribution in [0.3, 0.4) is 0 Å². The zero-order chi connectivity index (χ0) is 17.2. The minimum atomic E-state index is -0.190. The molecular formula is C21H25FN2. The average Bonchev–Trinajstić information content (AvgIpc) is 2.61. The molecule has 2 aliphatic carbocycles. The highest BCUT2D eigenvalue weighted by Gasteiger charge is 2.46. The first-order valence-electron chi connectivity index (χ1n) is 9.13. The summed E-state index contributed by atoms with van der Waals surface area (Å²) in [4.78, 5) is 4.35. The number of nitriles is 1. The van der Waals surface area contributed by atoms with Gasteiger partial charge in [-0.1, -0.05) is 13.8 Å². The van der Waals surface area contributed by atoms with E-state index in [-0.39, 0.29) is 11.7 Å². The lowest BCUT2D eigenvalue weighted by Gasteiger charge is -2.49. The smallest absolute Gasteiger partial charge is 0.123 e. The van der Waals surface area contributed by atoms with Crippen molar-refractivity contribution in [3.05, 3.63) is 41.8 Å². The number of benzene rings is 1. The minimum absolute atomic E-state index is 0.190. The van der Waals surface area contributed by atoms with Gasteiger partial charge in [-0.2, -0.15) is 5.26 Å². The Hall–Kier alpha value is -1.95. The molecule has 1 aromatic heterocycles. The number of hydrogen-bond donors (Lipinski definition) is 0. The molecule has 1 spiro atoms. The van der Waals surface area contributed by atoms with Gasteiger partial charge in [-0.05, 0) is 79.7 Å². The number of hydrogen-bond acceptors (Lipinski definition) is 2. The molecule has 2 aliphatic rings. The summed E-state index contributed by atoms with van der Waals surface area (Å²) in [7, 11) is 0. The summed E-state index contributed by atoms with van der Waals surface area (Å²) >= 11 is 0. The third-order valence-electron chi connectivity index (χ3n) is 5.76. The SMILES string of the molecule is CC.N#CC1CC2(CCC(c3ccnc4ccc(F)cc34)CC2)C1. The molecule has 126 valence electrons. The lowest BCUT2D eigenvalue weighted by molar-refractivity contribution is 0.0350. The maximum atomic E-state index is 13.6. The zero-order valence-corrected chi connectivity index (χ0v) is 14.6. The fourth-order valence-electron chi connectivity index (χ4n) is 4.52. The van der Waals surface area contributed by atoms with Gasteiger partial charge in [0.2, 0.25) is 0 Å². The molecule has 0 bridgehead atoms. The molecule has 3 heteroatoms. The zero-order valence-electron chi connectivity index (χ0n) is 14.6. The van der Waals surface area contributed by atoms with E-state index in [4.69, 9.17) is 5.26 Å². The van der Waals surface area contributed by atoms with Crippen LogP contribution in [0, 0.1) is 28.5 Å². The van der Waals surface area contributed by atoms with Gasteiger partial charge in [0.05, 0.1) is 11.6 Å². The molecule has 2 nitrogen and oxygen atoms in total. The highest BCUT2D eigenvalue weighted by Crippen LogP contribution is 2.57. The number of rotatable bonds is 1. The maximum Gasteiger partial charge on any atom is 0.123 e. The largest absolute Gasteiger partial charge is 0.256 e. The Morgan fingerprint density at radius 3 is 2.54 bits per heavy atom. The first kappa shape index (κ1) is 16.9. The molecule has 24 heavy (non-hydrogen) atoms. The third kappa shape index (κ3) is 3.02. The van der Waals surface area contributed by atoms with Crippen molar-refractivity contribution >= 4 is 10.9 Å². The lowest BCUT2D eigenvalue weighted by atomic mass is 9.54. The molecule has 1 heterocycles. The van der Waals surface area contributed by atoms with E-state index in [2.05, 4.69) is 17.1 Å². The molecule has 0 N–H and O–H groups in total. The summed E-state index contributed by atoms with van der Waals surface area (Å²) in [6.07, 6.45) is 8.71. The number of aromatic nitrogens is 1. The van der Waals surface area contributed by atoms with Crippen LogP contribution >= 0.6 is 0 Å². The van der Waals surface area contributed by atoms with Gasteiger partial charge < -0.3 is 0 Å². The van der Waals surface area contributed by atoms with E-state index < -0.39 is 0 Å². The second-order valence-corrected chi connectivity index (χ2v) is 7.07. The average molecular weight is 324 g/mol. The van der Waals surface area contributed by atoms with Crippen molar-refractivity contribution < 1.29 is 4.39 Å². The Kier molecular flexibility index (Phi) is 4.85. The third-order valence-corrected chi connectivity index (χ3v) is 5.76. The molecule has 0 aliphatic heterocycles. The Morgan fingerprint density at radius 2 is 1.88 bits per heavy atom. The molecule has 2 aromatic rings. The molecule has 0 atom stereocenters. The Balaban J connectivity index is 0.000000815. The van der Waals surface area contributed by atoms with Gasteiger partial charge in [-0.15, -0.1) is 0 Å². The van der Waals surface area contributed by atoms with Crippen LogP contribution in [0.1, 0.15) is 63.9 Å². The number of halogens is 1. The summed E-state index contributed by atoms with van der Waals surface area (Å²) in [5, 5.41) is 9.95. The molecule has 2 saturated carbocycles. The lowest BCUT2D eigenvalue weighted by Crippen LogP contribution is -2.39. The van der Waals surface area contributed by atoms with Crippen molar-refractivity contribution in [3.8, 4) is 6.07 Å². The summed E-state index contributed by atoms with van der Waals surface area (Å²) < 4.78 is 13.6. The molecule has 0 amide bonds. The van der Waals surface area contributed by atoms with Crippen molar-refractivity contribution in [3.63, 3.8) is 0 Å². The van der Waals surface area contributed by atoms with Gasteiger partial charge >= 0.3 is 0 Å². The van der Waals surface area contributed by atoms with Crippen LogP contribution < -0.4 is 0 Å². The molecular weight excluding hydrogens is 299 g/mol. The van der Waals surface area contributed by atoms with E-state index in [0.29, 0.717) is 11.3 Å². The van der Waals surface area contributed by atoms with Crippen LogP contribution in [0.2, 0.25) is 0 Å². The van der Waals surface area contributed by atoms with E-state index in [1.807, 2.05) is 20.0 Å². The fourth-order valence-corrected chi connectivity index (χ4v) is 4.52. The normalized spacial score (nSPS) is 28.6. The molecule has 0 saturated heterocycles. The van der Waals surface area contributed by atoms with Crippen LogP contribution in [0.4, 0.5) is 4.39 Å². The Morgan fingerprint density at radius 1 is 1.17 bits per heavy atom. The van der Waals surface area contributed by atoms with Crippen molar-refractivity contribution in [1.29, 1.82) is 5.26 Å². The van der Waals surface area contributed by atoms with E-state index in [0.717, 1.165) is 36.6 Å². The van der Waals surface area contributed by atoms with Gasteiger partial charge in [0.15, 0.2) is 0 Å². The Bertz CT molecular complexity index is 746. The highest BCUT2D eigenvalue weighted by molar-refractivity contribution is 5.82. The number of pyridine rings is 1. The molecule has 1 aromatic carbocycles. The molecule has 0 unspecified atom stereocenters. The standard InChI is InChI=1S/C19H19FN2.C2H6/c20-15-1-2-18-17(9-15)16(5-8-22-18)14-3-6-19(7-4-14)10-13(11-19)12-21;1-2/h1-2,5,8-9,13-14H,3-4,6-7,10-11H2;1-2H3. The summed E-state index contributed by atoms with van der Waals surface area (Å²) in [5.41, 5.74) is 2.56. The van der Waals surface area contributed by atoms with E-state index >= 15 is 0 Å². The van der Waals surface area contributed by atoms with Crippen LogP contribution in [0.25, 0.3) is 10.9 Å². The number of nitrogens with zero attached hydrogens (tertiary/aromatic N) is 2. The summed E-state index contributed by atoms with van der Waals surface area (Å²) in [5.74, 6) is 0.594. The Labute approximate surface area is 143 Å². The predicted octanol–water partition coefficient (Wildman–Crippen LogP) is 5.98. The monoisotopic (exact) mass is 324 g/mol. The van der Waals surface area contributed by atoms with Crippen LogP contribution in [0.15, 0.2) is 30.5 Å². The van der Waals surface area contributed by atoms with Gasteiger partial charge in [-0.25, -0.2) is 4.39 Å².